The largest absolute Gasteiger partial charge is 0.361 e. The Morgan fingerprint density at radius 3 is 2.28 bits per heavy atom. The van der Waals surface area contributed by atoms with E-state index in [1.807, 2.05) is 19.1 Å². The van der Waals surface area contributed by atoms with E-state index in [9.17, 15) is 13.2 Å². The van der Waals surface area contributed by atoms with Gasteiger partial charge in [-0.15, -0.1) is 0 Å². The minimum atomic E-state index is -3.56. The molecule has 32 heavy (non-hydrogen) atoms. The number of carbonyl (C=O) groups is 1. The van der Waals surface area contributed by atoms with Crippen LogP contribution in [-0.2, 0) is 14.8 Å². The number of carbonyl (C=O) groups excluding carboxylic acids is 1. The quantitative estimate of drug-likeness (QED) is 0.636. The first kappa shape index (κ1) is 22.7. The molecule has 7 nitrogen and oxygen atoms in total. The van der Waals surface area contributed by atoms with E-state index in [-0.39, 0.29) is 19.0 Å². The fourth-order valence-electron chi connectivity index (χ4n) is 4.63. The van der Waals surface area contributed by atoms with Crippen molar-refractivity contribution < 1.29 is 17.7 Å². The summed E-state index contributed by atoms with van der Waals surface area (Å²) < 4.78 is 32.8. The van der Waals surface area contributed by atoms with Crippen molar-refractivity contribution in [1.29, 1.82) is 0 Å². The molecule has 0 bridgehead atoms. The van der Waals surface area contributed by atoms with Gasteiger partial charge in [0.1, 0.15) is 5.76 Å². The second-order valence-corrected chi connectivity index (χ2v) is 10.6. The summed E-state index contributed by atoms with van der Waals surface area (Å²) in [6.07, 6.45) is 9.38. The highest BCUT2D eigenvalue weighted by atomic mass is 32.2. The summed E-state index contributed by atoms with van der Waals surface area (Å²) in [7, 11) is -3.56. The lowest BCUT2D eigenvalue weighted by Crippen LogP contribution is -2.50. The third-order valence-corrected chi connectivity index (χ3v) is 8.54. The minimum Gasteiger partial charge on any atom is -0.361 e. The maximum Gasteiger partial charge on any atom is 0.246 e. The van der Waals surface area contributed by atoms with Crippen molar-refractivity contribution in [3.05, 3.63) is 52.9 Å². The molecule has 0 spiro atoms. The average molecular weight is 458 g/mol. The molecule has 0 atom stereocenters. The molecule has 1 aromatic heterocycles. The molecule has 1 saturated heterocycles. The maximum absolute atomic E-state index is 13.1. The van der Waals surface area contributed by atoms with E-state index in [1.54, 1.807) is 30.0 Å². The van der Waals surface area contributed by atoms with Crippen LogP contribution in [0, 0.1) is 13.8 Å². The summed E-state index contributed by atoms with van der Waals surface area (Å²) in [5.41, 5.74) is 2.78. The molecular weight excluding hydrogens is 426 g/mol. The lowest BCUT2D eigenvalue weighted by atomic mass is 9.84. The lowest BCUT2D eigenvalue weighted by molar-refractivity contribution is -0.127. The van der Waals surface area contributed by atoms with E-state index >= 15 is 0 Å². The van der Waals surface area contributed by atoms with Crippen LogP contribution in [0.15, 0.2) is 39.8 Å². The highest BCUT2D eigenvalue weighted by Gasteiger charge is 2.30. The van der Waals surface area contributed by atoms with E-state index in [4.69, 9.17) is 4.52 Å². The van der Waals surface area contributed by atoms with E-state index in [0.717, 1.165) is 11.3 Å². The number of hydrogen-bond acceptors (Lipinski definition) is 5. The van der Waals surface area contributed by atoms with Crippen LogP contribution >= 0.6 is 0 Å². The standard InChI is InChI=1S/C24H31N3O4S/c1-18-23(19(2)31-25-18)12-13-24(28)26-14-16-27(17-15-26)32(29,30)22-10-8-21(9-11-22)20-6-4-3-5-7-20/h8-13,20H,3-7,14-17H2,1-2H3. The van der Waals surface area contributed by atoms with Gasteiger partial charge in [0.2, 0.25) is 15.9 Å². The molecule has 172 valence electrons. The van der Waals surface area contributed by atoms with Gasteiger partial charge in [-0.25, -0.2) is 8.42 Å². The Morgan fingerprint density at radius 2 is 1.69 bits per heavy atom. The van der Waals surface area contributed by atoms with Crippen molar-refractivity contribution in [3.63, 3.8) is 0 Å². The van der Waals surface area contributed by atoms with Gasteiger partial charge in [-0.3, -0.25) is 4.79 Å². The summed E-state index contributed by atoms with van der Waals surface area (Å²) in [5.74, 6) is 1.07. The van der Waals surface area contributed by atoms with E-state index < -0.39 is 10.0 Å². The highest BCUT2D eigenvalue weighted by Crippen LogP contribution is 2.33. The van der Waals surface area contributed by atoms with Crippen LogP contribution in [0.5, 0.6) is 0 Å². The number of benzene rings is 1. The van der Waals surface area contributed by atoms with Crippen LogP contribution in [0.3, 0.4) is 0 Å². The molecule has 8 heteroatoms. The predicted molar refractivity (Wildman–Crippen MR) is 123 cm³/mol. The van der Waals surface area contributed by atoms with E-state index in [2.05, 4.69) is 5.16 Å². The Balaban J connectivity index is 1.36. The van der Waals surface area contributed by atoms with Crippen LogP contribution in [0.25, 0.3) is 6.08 Å². The van der Waals surface area contributed by atoms with Crippen LogP contribution in [0.1, 0.15) is 60.6 Å². The molecular formula is C24H31N3O4S. The number of aromatic nitrogens is 1. The smallest absolute Gasteiger partial charge is 0.246 e. The number of rotatable bonds is 5. The summed E-state index contributed by atoms with van der Waals surface area (Å²) in [6.45, 7) is 4.94. The van der Waals surface area contributed by atoms with Gasteiger partial charge < -0.3 is 9.42 Å². The zero-order valence-corrected chi connectivity index (χ0v) is 19.6. The molecule has 4 rings (SSSR count). The molecule has 0 N–H and O–H groups in total. The van der Waals surface area contributed by atoms with Gasteiger partial charge in [0.05, 0.1) is 10.6 Å². The average Bonchev–Trinajstić information content (AvgIpc) is 3.15. The van der Waals surface area contributed by atoms with Gasteiger partial charge in [-0.1, -0.05) is 36.6 Å². The van der Waals surface area contributed by atoms with Gasteiger partial charge in [0.15, 0.2) is 0 Å². The van der Waals surface area contributed by atoms with E-state index in [1.165, 1.54) is 48.0 Å². The van der Waals surface area contributed by atoms with Crippen molar-refractivity contribution >= 4 is 22.0 Å². The van der Waals surface area contributed by atoms with Crippen molar-refractivity contribution in [2.45, 2.75) is 56.8 Å². The molecule has 2 heterocycles. The van der Waals surface area contributed by atoms with Gasteiger partial charge in [0, 0.05) is 37.8 Å². The number of nitrogens with zero attached hydrogens (tertiary/aromatic N) is 3. The molecule has 2 aliphatic rings. The Morgan fingerprint density at radius 1 is 1.03 bits per heavy atom. The SMILES string of the molecule is Cc1noc(C)c1C=CC(=O)N1CCN(S(=O)(=O)c2ccc(C3CCCCC3)cc2)CC1. The Bertz CT molecular complexity index is 1060. The topological polar surface area (TPSA) is 83.7 Å². The van der Waals surface area contributed by atoms with Crippen LogP contribution < -0.4 is 0 Å². The summed E-state index contributed by atoms with van der Waals surface area (Å²) in [4.78, 5) is 14.6. The third kappa shape index (κ3) is 4.81. The second kappa shape index (κ2) is 9.58. The minimum absolute atomic E-state index is 0.140. The number of sulfonamides is 1. The molecule has 1 aliphatic carbocycles. The fourth-order valence-corrected chi connectivity index (χ4v) is 6.06. The van der Waals surface area contributed by atoms with E-state index in [0.29, 0.717) is 29.7 Å². The van der Waals surface area contributed by atoms with Gasteiger partial charge in [0.25, 0.3) is 0 Å². The highest BCUT2D eigenvalue weighted by molar-refractivity contribution is 7.89. The summed E-state index contributed by atoms with van der Waals surface area (Å²) >= 11 is 0. The molecule has 0 unspecified atom stereocenters. The van der Waals surface area contributed by atoms with Crippen molar-refractivity contribution in [1.82, 2.24) is 14.4 Å². The first-order valence-corrected chi connectivity index (χ1v) is 12.8. The number of piperazine rings is 1. The zero-order valence-electron chi connectivity index (χ0n) is 18.8. The Labute approximate surface area is 190 Å². The molecule has 1 aliphatic heterocycles. The normalized spacial score (nSPS) is 19.0. The van der Waals surface area contributed by atoms with Crippen LogP contribution in [0.2, 0.25) is 0 Å². The number of amides is 1. The predicted octanol–water partition coefficient (Wildman–Crippen LogP) is 3.89. The Kier molecular flexibility index (Phi) is 6.81. The third-order valence-electron chi connectivity index (χ3n) is 6.63. The molecule has 1 saturated carbocycles. The summed E-state index contributed by atoms with van der Waals surface area (Å²) in [5, 5.41) is 3.88. The molecule has 1 aromatic carbocycles. The second-order valence-electron chi connectivity index (χ2n) is 8.70. The Hall–Kier alpha value is -2.45. The van der Waals surface area contributed by atoms with Gasteiger partial charge in [-0.2, -0.15) is 4.31 Å². The summed E-state index contributed by atoms with van der Waals surface area (Å²) in [6, 6.07) is 7.43. The maximum atomic E-state index is 13.1. The first-order valence-electron chi connectivity index (χ1n) is 11.4. The number of aryl methyl sites for hydroxylation is 2. The van der Waals surface area contributed by atoms with Gasteiger partial charge >= 0.3 is 0 Å². The lowest BCUT2D eigenvalue weighted by Gasteiger charge is -2.33. The zero-order chi connectivity index (χ0) is 22.7. The number of hydrogen-bond donors (Lipinski definition) is 0. The fraction of sp³-hybridized carbons (Fsp3) is 0.500. The molecule has 1 amide bonds. The van der Waals surface area contributed by atoms with Crippen molar-refractivity contribution in [3.8, 4) is 0 Å². The van der Waals surface area contributed by atoms with Gasteiger partial charge in [-0.05, 0) is 56.4 Å². The molecule has 2 fully saturated rings. The first-order chi connectivity index (χ1) is 15.4. The molecule has 0 radical (unpaired) electrons. The van der Waals surface area contributed by atoms with Crippen molar-refractivity contribution in [2.24, 2.45) is 0 Å². The van der Waals surface area contributed by atoms with Crippen LogP contribution in [0.4, 0.5) is 0 Å². The van der Waals surface area contributed by atoms with Crippen molar-refractivity contribution in [2.75, 3.05) is 26.2 Å². The van der Waals surface area contributed by atoms with Crippen LogP contribution in [-0.4, -0.2) is 54.9 Å². The monoisotopic (exact) mass is 457 g/mol. The molecule has 2 aromatic rings.